The second-order valence-corrected chi connectivity index (χ2v) is 4.29. The van der Waals surface area contributed by atoms with Gasteiger partial charge >= 0.3 is 0 Å². The van der Waals surface area contributed by atoms with Crippen LogP contribution in [0.4, 0.5) is 16.2 Å². The van der Waals surface area contributed by atoms with Gasteiger partial charge in [0.2, 0.25) is 5.95 Å². The van der Waals surface area contributed by atoms with E-state index in [1.807, 2.05) is 13.0 Å². The highest BCUT2D eigenvalue weighted by Gasteiger charge is 2.17. The van der Waals surface area contributed by atoms with Crippen molar-refractivity contribution in [1.82, 2.24) is 9.97 Å². The highest BCUT2D eigenvalue weighted by atomic mass is 19.1. The number of rotatable bonds is 4. The molecule has 21 heavy (non-hydrogen) atoms. The van der Waals surface area contributed by atoms with E-state index in [-0.39, 0.29) is 28.8 Å². The molecule has 2 aromatic rings. The lowest BCUT2D eigenvalue weighted by Crippen LogP contribution is -2.06. The van der Waals surface area contributed by atoms with Crippen LogP contribution < -0.4 is 16.2 Å². The maximum Gasteiger partial charge on any atom is 0.222 e. The Hall–Kier alpha value is -2.88. The highest BCUT2D eigenvalue weighted by molar-refractivity contribution is 5.77. The van der Waals surface area contributed by atoms with Gasteiger partial charge in [0.25, 0.3) is 0 Å². The van der Waals surface area contributed by atoms with Gasteiger partial charge in [-0.1, -0.05) is 6.92 Å². The fourth-order valence-electron chi connectivity index (χ4n) is 1.82. The number of nitrogens with zero attached hydrogens (tertiary/aromatic N) is 3. The third kappa shape index (κ3) is 3.00. The summed E-state index contributed by atoms with van der Waals surface area (Å²) in [5.41, 5.74) is 12.0. The van der Waals surface area contributed by atoms with E-state index in [2.05, 4.69) is 9.97 Å². The number of aromatic nitrogens is 2. The van der Waals surface area contributed by atoms with Gasteiger partial charge in [-0.25, -0.2) is 9.37 Å². The third-order valence-corrected chi connectivity index (χ3v) is 2.73. The lowest BCUT2D eigenvalue weighted by Gasteiger charge is -2.12. The summed E-state index contributed by atoms with van der Waals surface area (Å²) >= 11 is 0. The van der Waals surface area contributed by atoms with E-state index in [0.29, 0.717) is 12.2 Å². The Bertz CT molecular complexity index is 711. The maximum absolute atomic E-state index is 13.4. The molecule has 7 heteroatoms. The average Bonchev–Trinajstić information content (AvgIpc) is 2.44. The molecule has 0 radical (unpaired) electrons. The van der Waals surface area contributed by atoms with Crippen LogP contribution in [0.2, 0.25) is 0 Å². The van der Waals surface area contributed by atoms with Gasteiger partial charge < -0.3 is 16.2 Å². The largest absolute Gasteiger partial charge is 0.493 e. The van der Waals surface area contributed by atoms with Gasteiger partial charge in [0.05, 0.1) is 12.3 Å². The number of anilines is 2. The van der Waals surface area contributed by atoms with Crippen molar-refractivity contribution in [3.05, 3.63) is 29.6 Å². The number of hydrogen-bond acceptors (Lipinski definition) is 6. The number of benzene rings is 1. The van der Waals surface area contributed by atoms with Crippen LogP contribution in [0.15, 0.2) is 18.2 Å². The zero-order chi connectivity index (χ0) is 15.4. The number of hydrogen-bond donors (Lipinski definition) is 2. The quantitative estimate of drug-likeness (QED) is 0.890. The smallest absolute Gasteiger partial charge is 0.222 e. The molecule has 0 unspecified atom stereocenters. The Morgan fingerprint density at radius 3 is 2.76 bits per heavy atom. The maximum atomic E-state index is 13.4. The third-order valence-electron chi connectivity index (χ3n) is 2.73. The molecule has 4 N–H and O–H groups in total. The Morgan fingerprint density at radius 2 is 2.10 bits per heavy atom. The van der Waals surface area contributed by atoms with Crippen LogP contribution in [-0.4, -0.2) is 16.6 Å². The van der Waals surface area contributed by atoms with Gasteiger partial charge in [0, 0.05) is 11.6 Å². The lowest BCUT2D eigenvalue weighted by atomic mass is 10.1. The SMILES string of the molecule is CCCOc1cc(F)ccc1-c1nc(N)nc(N)c1C#N. The lowest BCUT2D eigenvalue weighted by molar-refractivity contribution is 0.317. The molecule has 108 valence electrons. The predicted octanol–water partition coefficient (Wildman–Crippen LogP) is 2.11. The van der Waals surface area contributed by atoms with Crippen molar-refractivity contribution < 1.29 is 9.13 Å². The van der Waals surface area contributed by atoms with Crippen LogP contribution >= 0.6 is 0 Å². The Labute approximate surface area is 121 Å². The van der Waals surface area contributed by atoms with Crippen molar-refractivity contribution in [1.29, 1.82) is 5.26 Å². The van der Waals surface area contributed by atoms with Crippen LogP contribution in [0.1, 0.15) is 18.9 Å². The van der Waals surface area contributed by atoms with E-state index in [0.717, 1.165) is 6.42 Å². The fraction of sp³-hybridized carbons (Fsp3) is 0.214. The molecule has 0 aliphatic heterocycles. The van der Waals surface area contributed by atoms with Crippen molar-refractivity contribution in [2.45, 2.75) is 13.3 Å². The van der Waals surface area contributed by atoms with Crippen LogP contribution in [0.25, 0.3) is 11.3 Å². The van der Waals surface area contributed by atoms with Gasteiger partial charge in [-0.3, -0.25) is 0 Å². The summed E-state index contributed by atoms with van der Waals surface area (Å²) in [4.78, 5) is 7.78. The number of nitrogens with two attached hydrogens (primary N) is 2. The first kappa shape index (κ1) is 14.5. The van der Waals surface area contributed by atoms with Crippen LogP contribution in [0.5, 0.6) is 5.75 Å². The monoisotopic (exact) mass is 287 g/mol. The van der Waals surface area contributed by atoms with E-state index in [4.69, 9.17) is 16.2 Å². The van der Waals surface area contributed by atoms with Crippen molar-refractivity contribution in [2.75, 3.05) is 18.1 Å². The van der Waals surface area contributed by atoms with Crippen molar-refractivity contribution in [2.24, 2.45) is 0 Å². The minimum absolute atomic E-state index is 0.0224. The first-order valence-corrected chi connectivity index (χ1v) is 6.32. The zero-order valence-electron chi connectivity index (χ0n) is 11.4. The minimum Gasteiger partial charge on any atom is -0.493 e. The van der Waals surface area contributed by atoms with Crippen molar-refractivity contribution in [3.63, 3.8) is 0 Å². The summed E-state index contributed by atoms with van der Waals surface area (Å²) in [6, 6.07) is 5.90. The summed E-state index contributed by atoms with van der Waals surface area (Å²) in [6.45, 7) is 2.34. The van der Waals surface area contributed by atoms with E-state index in [9.17, 15) is 9.65 Å². The molecular formula is C14H14FN5O. The number of nitriles is 1. The molecule has 0 saturated heterocycles. The molecular weight excluding hydrogens is 273 g/mol. The molecule has 0 saturated carbocycles. The highest BCUT2D eigenvalue weighted by Crippen LogP contribution is 2.33. The second-order valence-electron chi connectivity index (χ2n) is 4.29. The summed E-state index contributed by atoms with van der Waals surface area (Å²) < 4.78 is 18.9. The van der Waals surface area contributed by atoms with Gasteiger partial charge in [0.15, 0.2) is 0 Å². The summed E-state index contributed by atoms with van der Waals surface area (Å²) in [6.07, 6.45) is 0.759. The Morgan fingerprint density at radius 1 is 1.33 bits per heavy atom. The Kier molecular flexibility index (Phi) is 4.18. The molecule has 0 aliphatic carbocycles. The van der Waals surface area contributed by atoms with Crippen molar-refractivity contribution >= 4 is 11.8 Å². The predicted molar refractivity (Wildman–Crippen MR) is 76.8 cm³/mol. The molecule has 0 bridgehead atoms. The number of nitrogen functional groups attached to an aromatic ring is 2. The van der Waals surface area contributed by atoms with Gasteiger partial charge in [-0.15, -0.1) is 0 Å². The topological polar surface area (TPSA) is 111 Å². The van der Waals surface area contributed by atoms with E-state index >= 15 is 0 Å². The molecule has 1 aromatic carbocycles. The standard InChI is InChI=1S/C14H14FN5O/c1-2-5-21-11-6-8(15)3-4-9(11)12-10(7-16)13(17)20-14(18)19-12/h3-4,6H,2,5H2,1H3,(H4,17,18,19,20). The summed E-state index contributed by atoms with van der Waals surface area (Å²) in [7, 11) is 0. The molecule has 1 heterocycles. The van der Waals surface area contributed by atoms with E-state index < -0.39 is 5.82 Å². The number of halogens is 1. The normalized spacial score (nSPS) is 10.1. The van der Waals surface area contributed by atoms with Crippen LogP contribution in [-0.2, 0) is 0 Å². The average molecular weight is 287 g/mol. The van der Waals surface area contributed by atoms with Gasteiger partial charge in [-0.05, 0) is 18.6 Å². The van der Waals surface area contributed by atoms with Crippen LogP contribution in [0, 0.1) is 17.1 Å². The van der Waals surface area contributed by atoms with Gasteiger partial charge in [0.1, 0.15) is 29.0 Å². The first-order valence-electron chi connectivity index (χ1n) is 6.32. The molecule has 0 atom stereocenters. The summed E-state index contributed by atoms with van der Waals surface area (Å²) in [5.74, 6) is -0.248. The summed E-state index contributed by atoms with van der Waals surface area (Å²) in [5, 5.41) is 9.21. The minimum atomic E-state index is -0.446. The zero-order valence-corrected chi connectivity index (χ0v) is 11.4. The molecule has 2 rings (SSSR count). The van der Waals surface area contributed by atoms with Crippen molar-refractivity contribution in [3.8, 4) is 23.1 Å². The molecule has 6 nitrogen and oxygen atoms in total. The van der Waals surface area contributed by atoms with E-state index in [1.165, 1.54) is 18.2 Å². The van der Waals surface area contributed by atoms with Gasteiger partial charge in [-0.2, -0.15) is 10.2 Å². The molecule has 0 amide bonds. The fourth-order valence-corrected chi connectivity index (χ4v) is 1.82. The second kappa shape index (κ2) is 6.05. The van der Waals surface area contributed by atoms with E-state index in [1.54, 1.807) is 0 Å². The Balaban J connectivity index is 2.64. The first-order chi connectivity index (χ1) is 10.1. The molecule has 0 aliphatic rings. The van der Waals surface area contributed by atoms with Crippen LogP contribution in [0.3, 0.4) is 0 Å². The molecule has 1 aromatic heterocycles. The number of ether oxygens (including phenoxy) is 1. The molecule has 0 spiro atoms. The molecule has 0 fully saturated rings.